The molecule has 36 heavy (non-hydrogen) atoms. The Morgan fingerprint density at radius 3 is 2.58 bits per heavy atom. The van der Waals surface area contributed by atoms with Crippen LogP contribution in [-0.2, 0) is 0 Å². The maximum atomic E-state index is 14.3. The molecular formula is C24H23F2N9O. The summed E-state index contributed by atoms with van der Waals surface area (Å²) in [5.74, 6) is 4.27. The first-order chi connectivity index (χ1) is 17.3. The smallest absolute Gasteiger partial charge is 0.201 e. The van der Waals surface area contributed by atoms with Crippen molar-refractivity contribution >= 4 is 17.1 Å². The minimum Gasteiger partial charge on any atom is -0.469 e. The molecule has 1 fully saturated rings. The van der Waals surface area contributed by atoms with Crippen molar-refractivity contribution in [2.24, 2.45) is 15.9 Å². The molecule has 1 saturated heterocycles. The number of nitriles is 2. The molecule has 10 nitrogen and oxygen atoms in total. The zero-order valence-corrected chi connectivity index (χ0v) is 19.7. The first-order valence-electron chi connectivity index (χ1n) is 11.2. The third-order valence-electron chi connectivity index (χ3n) is 5.93. The van der Waals surface area contributed by atoms with E-state index in [-0.39, 0.29) is 23.3 Å². The van der Waals surface area contributed by atoms with Gasteiger partial charge in [-0.15, -0.1) is 0 Å². The molecule has 0 bridgehead atoms. The van der Waals surface area contributed by atoms with E-state index in [2.05, 4.69) is 21.3 Å². The molecule has 4 heterocycles. The average Bonchev–Trinajstić information content (AvgIpc) is 3.28. The van der Waals surface area contributed by atoms with Crippen molar-refractivity contribution in [3.05, 3.63) is 59.2 Å². The third-order valence-corrected chi connectivity index (χ3v) is 5.93. The summed E-state index contributed by atoms with van der Waals surface area (Å²) in [5.41, 5.74) is 2.01. The van der Waals surface area contributed by atoms with Crippen molar-refractivity contribution < 1.29 is 13.5 Å². The van der Waals surface area contributed by atoms with Crippen LogP contribution in [0.25, 0.3) is 5.65 Å². The van der Waals surface area contributed by atoms with Crippen molar-refractivity contribution in [2.75, 3.05) is 13.1 Å². The molecule has 0 aromatic carbocycles. The van der Waals surface area contributed by atoms with Gasteiger partial charge in [-0.3, -0.25) is 14.4 Å². The standard InChI is InChI=1S/C24H23F2N9O/c1-14(32-18-3-5-34(13-28)6-4-18)23(33-29)16-7-21-30-12-19(10-27)35(21)22(8-16)36-15(2)24-20(26)9-17(25)11-31-24/h7-9,11-12,15,18H,3-6,29H2,1-2H3/b32-14?,33-23+. The molecule has 1 unspecified atom stereocenters. The Bertz CT molecular complexity index is 1430. The Morgan fingerprint density at radius 2 is 1.94 bits per heavy atom. The summed E-state index contributed by atoms with van der Waals surface area (Å²) < 4.78 is 35.1. The highest BCUT2D eigenvalue weighted by Crippen LogP contribution is 2.27. The molecule has 184 valence electrons. The molecule has 0 amide bonds. The van der Waals surface area contributed by atoms with Gasteiger partial charge in [0, 0.05) is 30.8 Å². The Labute approximate surface area is 206 Å². The number of nitrogens with zero attached hydrogens (tertiary/aromatic N) is 8. The summed E-state index contributed by atoms with van der Waals surface area (Å²) in [4.78, 5) is 14.6. The molecule has 2 N–H and O–H groups in total. The van der Waals surface area contributed by atoms with Crippen LogP contribution in [-0.4, -0.2) is 49.8 Å². The molecule has 1 aliphatic rings. The lowest BCUT2D eigenvalue weighted by Crippen LogP contribution is -2.32. The SMILES string of the molecule is CC(=NC1CCN(C#N)CC1)/C(=N\N)c1cc(OC(C)c2ncc(F)cc2F)n2c(C#N)cnc2c1. The van der Waals surface area contributed by atoms with E-state index >= 15 is 0 Å². The zero-order chi connectivity index (χ0) is 25.8. The number of hydrazone groups is 1. The number of hydrogen-bond acceptors (Lipinski definition) is 9. The van der Waals surface area contributed by atoms with E-state index in [0.717, 1.165) is 25.1 Å². The van der Waals surface area contributed by atoms with Gasteiger partial charge in [-0.2, -0.15) is 15.6 Å². The van der Waals surface area contributed by atoms with Gasteiger partial charge in [0.05, 0.1) is 24.1 Å². The molecular weight excluding hydrogens is 468 g/mol. The Hall–Kier alpha value is -4.58. The van der Waals surface area contributed by atoms with Crippen LogP contribution >= 0.6 is 0 Å². The molecule has 12 heteroatoms. The first kappa shape index (κ1) is 24.5. The third kappa shape index (κ3) is 4.93. The van der Waals surface area contributed by atoms with Crippen molar-refractivity contribution in [3.63, 3.8) is 0 Å². The van der Waals surface area contributed by atoms with Gasteiger partial charge in [-0.05, 0) is 32.8 Å². The number of piperidine rings is 1. The Balaban J connectivity index is 1.70. The van der Waals surface area contributed by atoms with Gasteiger partial charge in [-0.1, -0.05) is 0 Å². The lowest BCUT2D eigenvalue weighted by atomic mass is 10.0. The van der Waals surface area contributed by atoms with E-state index < -0.39 is 17.7 Å². The number of ether oxygens (including phenoxy) is 1. The minimum absolute atomic E-state index is 0.0231. The number of aromatic nitrogens is 3. The van der Waals surface area contributed by atoms with E-state index in [1.54, 1.807) is 30.9 Å². The molecule has 1 atom stereocenters. The second-order valence-corrected chi connectivity index (χ2v) is 8.32. The quantitative estimate of drug-likeness (QED) is 0.242. The van der Waals surface area contributed by atoms with Gasteiger partial charge in [0.15, 0.2) is 12.0 Å². The molecule has 0 saturated carbocycles. The summed E-state index contributed by atoms with van der Waals surface area (Å²) in [7, 11) is 0. The predicted molar refractivity (Wildman–Crippen MR) is 127 cm³/mol. The monoisotopic (exact) mass is 491 g/mol. The van der Waals surface area contributed by atoms with E-state index in [9.17, 15) is 14.0 Å². The fourth-order valence-corrected chi connectivity index (χ4v) is 4.15. The van der Waals surface area contributed by atoms with E-state index in [1.807, 2.05) is 6.07 Å². The van der Waals surface area contributed by atoms with Gasteiger partial charge < -0.3 is 15.5 Å². The van der Waals surface area contributed by atoms with Gasteiger partial charge in [0.2, 0.25) is 5.88 Å². The van der Waals surface area contributed by atoms with Crippen molar-refractivity contribution in [2.45, 2.75) is 38.8 Å². The van der Waals surface area contributed by atoms with Crippen molar-refractivity contribution in [3.8, 4) is 18.1 Å². The number of likely N-dealkylation sites (tertiary alicyclic amines) is 1. The van der Waals surface area contributed by atoms with Crippen LogP contribution in [0, 0.1) is 34.4 Å². The Kier molecular flexibility index (Phi) is 7.06. The van der Waals surface area contributed by atoms with Crippen molar-refractivity contribution in [1.82, 2.24) is 19.3 Å². The van der Waals surface area contributed by atoms with E-state index in [4.69, 9.17) is 20.8 Å². The molecule has 1 aliphatic heterocycles. The molecule has 4 rings (SSSR count). The maximum Gasteiger partial charge on any atom is 0.201 e. The summed E-state index contributed by atoms with van der Waals surface area (Å²) in [6.07, 6.45) is 4.98. The van der Waals surface area contributed by atoms with Gasteiger partial charge >= 0.3 is 0 Å². The molecule has 0 aliphatic carbocycles. The molecule has 3 aromatic rings. The van der Waals surface area contributed by atoms with Crippen LogP contribution in [0.1, 0.15) is 49.7 Å². The largest absolute Gasteiger partial charge is 0.469 e. The van der Waals surface area contributed by atoms with Crippen LogP contribution < -0.4 is 10.6 Å². The fraction of sp³-hybridized carbons (Fsp3) is 0.333. The van der Waals surface area contributed by atoms with E-state index in [1.165, 1.54) is 10.6 Å². The van der Waals surface area contributed by atoms with Gasteiger partial charge in [0.25, 0.3) is 0 Å². The van der Waals surface area contributed by atoms with Gasteiger partial charge in [-0.25, -0.2) is 13.8 Å². The topological polar surface area (TPSA) is 141 Å². The fourth-order valence-electron chi connectivity index (χ4n) is 4.15. The molecule has 0 spiro atoms. The Morgan fingerprint density at radius 1 is 1.19 bits per heavy atom. The first-order valence-corrected chi connectivity index (χ1v) is 11.2. The van der Waals surface area contributed by atoms with Gasteiger partial charge in [0.1, 0.15) is 40.7 Å². The van der Waals surface area contributed by atoms with Crippen LogP contribution in [0.3, 0.4) is 0 Å². The second kappa shape index (κ2) is 10.4. The number of hydrogen-bond donors (Lipinski definition) is 1. The number of rotatable bonds is 6. The van der Waals surface area contributed by atoms with Crippen LogP contribution in [0.4, 0.5) is 8.78 Å². The summed E-state index contributed by atoms with van der Waals surface area (Å²) in [6.45, 7) is 4.62. The van der Waals surface area contributed by atoms with E-state index in [0.29, 0.717) is 35.7 Å². The summed E-state index contributed by atoms with van der Waals surface area (Å²) in [5, 5.41) is 22.5. The number of pyridine rings is 2. The minimum atomic E-state index is -0.920. The summed E-state index contributed by atoms with van der Waals surface area (Å²) >= 11 is 0. The number of halogens is 2. The lowest BCUT2D eigenvalue weighted by Gasteiger charge is -2.26. The zero-order valence-electron chi connectivity index (χ0n) is 19.7. The number of fused-ring (bicyclic) bond motifs is 1. The van der Waals surface area contributed by atoms with Crippen LogP contribution in [0.2, 0.25) is 0 Å². The highest BCUT2D eigenvalue weighted by atomic mass is 19.1. The number of imidazole rings is 1. The molecule has 3 aromatic heterocycles. The lowest BCUT2D eigenvalue weighted by molar-refractivity contribution is 0.204. The number of aliphatic imine (C=N–C) groups is 1. The number of nitrogens with two attached hydrogens (primary N) is 1. The average molecular weight is 492 g/mol. The highest BCUT2D eigenvalue weighted by Gasteiger charge is 2.22. The highest BCUT2D eigenvalue weighted by molar-refractivity contribution is 6.47. The maximum absolute atomic E-state index is 14.3. The van der Waals surface area contributed by atoms with Crippen molar-refractivity contribution in [1.29, 1.82) is 10.5 Å². The van der Waals surface area contributed by atoms with Crippen LogP contribution in [0.15, 0.2) is 40.7 Å². The predicted octanol–water partition coefficient (Wildman–Crippen LogP) is 3.09. The summed E-state index contributed by atoms with van der Waals surface area (Å²) in [6, 6.07) is 6.10. The van der Waals surface area contributed by atoms with Crippen LogP contribution in [0.5, 0.6) is 5.88 Å². The molecule has 0 radical (unpaired) electrons. The second-order valence-electron chi connectivity index (χ2n) is 8.32. The normalized spacial score (nSPS) is 16.0.